The molecule has 1 aliphatic carbocycles. The molecule has 1 aliphatic rings. The largest absolute Gasteiger partial charge is 0.481 e. The van der Waals surface area contributed by atoms with E-state index < -0.39 is 5.97 Å². The number of nitrogens with zero attached hydrogens (tertiary/aromatic N) is 2. The van der Waals surface area contributed by atoms with Crippen molar-refractivity contribution >= 4 is 17.6 Å². The number of aromatic nitrogens is 2. The van der Waals surface area contributed by atoms with Crippen LogP contribution in [0.5, 0.6) is 0 Å². The summed E-state index contributed by atoms with van der Waals surface area (Å²) in [5.41, 5.74) is -0.319. The van der Waals surface area contributed by atoms with Gasteiger partial charge >= 0.3 is 5.97 Å². The van der Waals surface area contributed by atoms with Crippen molar-refractivity contribution in [1.29, 1.82) is 0 Å². The molecule has 110 valence electrons. The normalized spacial score (nSPS) is 14.9. The molecule has 3 N–H and O–H groups in total. The van der Waals surface area contributed by atoms with Gasteiger partial charge in [0.2, 0.25) is 0 Å². The molecule has 20 heavy (non-hydrogen) atoms. The van der Waals surface area contributed by atoms with Gasteiger partial charge in [0.1, 0.15) is 18.0 Å². The number of carboxylic acid groups (broad SMARTS) is 1. The van der Waals surface area contributed by atoms with Crippen LogP contribution in [-0.4, -0.2) is 33.1 Å². The number of carboxylic acids is 1. The first-order chi connectivity index (χ1) is 9.44. The molecule has 1 aromatic rings. The van der Waals surface area contributed by atoms with E-state index in [1.165, 1.54) is 19.2 Å². The van der Waals surface area contributed by atoms with Gasteiger partial charge < -0.3 is 15.7 Å². The minimum absolute atomic E-state index is 0.137. The standard InChI is InChI=1S/C14H22N4O2/c1-14(2,6-5-13(19)20)18-12-7-11(16-9-17-12)15-8-10-3-4-10/h7,9-10H,3-6,8H2,1-2H3,(H,19,20)(H2,15,16,17,18). The highest BCUT2D eigenvalue weighted by Gasteiger charge is 2.21. The monoisotopic (exact) mass is 278 g/mol. The SMILES string of the molecule is CC(C)(CCC(=O)O)Nc1cc(NCC2CC2)ncn1. The van der Waals surface area contributed by atoms with Crippen molar-refractivity contribution in [2.75, 3.05) is 17.2 Å². The van der Waals surface area contributed by atoms with Crippen LogP contribution in [0.15, 0.2) is 12.4 Å². The van der Waals surface area contributed by atoms with Gasteiger partial charge in [-0.2, -0.15) is 0 Å². The molecule has 1 saturated carbocycles. The molecule has 1 aromatic heterocycles. The number of carbonyl (C=O) groups is 1. The molecule has 0 bridgehead atoms. The summed E-state index contributed by atoms with van der Waals surface area (Å²) in [6.45, 7) is 4.89. The minimum Gasteiger partial charge on any atom is -0.481 e. The topological polar surface area (TPSA) is 87.1 Å². The molecule has 2 rings (SSSR count). The molecule has 0 aliphatic heterocycles. The minimum atomic E-state index is -0.783. The summed E-state index contributed by atoms with van der Waals surface area (Å²) >= 11 is 0. The van der Waals surface area contributed by atoms with Gasteiger partial charge in [-0.05, 0) is 39.0 Å². The van der Waals surface area contributed by atoms with Crippen LogP contribution in [0.2, 0.25) is 0 Å². The van der Waals surface area contributed by atoms with E-state index in [9.17, 15) is 4.79 Å². The van der Waals surface area contributed by atoms with Gasteiger partial charge in [0.25, 0.3) is 0 Å². The van der Waals surface area contributed by atoms with Crippen molar-refractivity contribution in [1.82, 2.24) is 9.97 Å². The summed E-state index contributed by atoms with van der Waals surface area (Å²) in [7, 11) is 0. The molecule has 6 nitrogen and oxygen atoms in total. The van der Waals surface area contributed by atoms with Gasteiger partial charge in [0, 0.05) is 24.6 Å². The summed E-state index contributed by atoms with van der Waals surface area (Å²) in [5.74, 6) is 1.53. The fourth-order valence-electron chi connectivity index (χ4n) is 1.92. The third kappa shape index (κ3) is 5.03. The Hall–Kier alpha value is -1.85. The van der Waals surface area contributed by atoms with Gasteiger partial charge in [0.05, 0.1) is 0 Å². The highest BCUT2D eigenvalue weighted by Crippen LogP contribution is 2.29. The molecule has 1 fully saturated rings. The molecule has 0 spiro atoms. The Morgan fingerprint density at radius 3 is 2.75 bits per heavy atom. The van der Waals surface area contributed by atoms with Crippen molar-refractivity contribution in [2.45, 2.75) is 45.1 Å². The molecule has 0 amide bonds. The molecule has 0 aromatic carbocycles. The lowest BCUT2D eigenvalue weighted by Gasteiger charge is -2.26. The zero-order valence-electron chi connectivity index (χ0n) is 12.0. The van der Waals surface area contributed by atoms with E-state index in [4.69, 9.17) is 5.11 Å². The number of rotatable bonds is 8. The summed E-state index contributed by atoms with van der Waals surface area (Å²) in [5, 5.41) is 15.3. The average Bonchev–Trinajstić information content (AvgIpc) is 3.18. The van der Waals surface area contributed by atoms with E-state index in [-0.39, 0.29) is 12.0 Å². The van der Waals surface area contributed by atoms with Crippen LogP contribution in [0.25, 0.3) is 0 Å². The van der Waals surface area contributed by atoms with Crippen LogP contribution in [0.4, 0.5) is 11.6 Å². The van der Waals surface area contributed by atoms with E-state index in [0.29, 0.717) is 12.2 Å². The Morgan fingerprint density at radius 1 is 1.40 bits per heavy atom. The van der Waals surface area contributed by atoms with Gasteiger partial charge in [-0.3, -0.25) is 4.79 Å². The summed E-state index contributed by atoms with van der Waals surface area (Å²) in [4.78, 5) is 19.0. The highest BCUT2D eigenvalue weighted by molar-refractivity contribution is 5.66. The number of hydrogen-bond acceptors (Lipinski definition) is 5. The molecule has 0 saturated heterocycles. The van der Waals surface area contributed by atoms with Crippen LogP contribution < -0.4 is 10.6 Å². The molecular weight excluding hydrogens is 256 g/mol. The summed E-state index contributed by atoms with van der Waals surface area (Å²) in [6.07, 6.45) is 4.79. The number of nitrogens with one attached hydrogen (secondary N) is 2. The molecule has 0 atom stereocenters. The first-order valence-corrected chi connectivity index (χ1v) is 7.00. The average molecular weight is 278 g/mol. The van der Waals surface area contributed by atoms with Crippen LogP contribution >= 0.6 is 0 Å². The Morgan fingerprint density at radius 2 is 2.10 bits per heavy atom. The van der Waals surface area contributed by atoms with Crippen LogP contribution in [0.3, 0.4) is 0 Å². The Balaban J connectivity index is 1.89. The third-order valence-corrected chi connectivity index (χ3v) is 3.37. The molecule has 6 heteroatoms. The maximum absolute atomic E-state index is 10.6. The Bertz CT molecular complexity index is 472. The number of hydrogen-bond donors (Lipinski definition) is 3. The number of aliphatic carboxylic acids is 1. The van der Waals surface area contributed by atoms with Crippen molar-refractivity contribution in [2.24, 2.45) is 5.92 Å². The van der Waals surface area contributed by atoms with Crippen molar-refractivity contribution in [3.05, 3.63) is 12.4 Å². The van der Waals surface area contributed by atoms with Crippen molar-refractivity contribution in [3.63, 3.8) is 0 Å². The van der Waals surface area contributed by atoms with E-state index in [1.54, 1.807) is 0 Å². The van der Waals surface area contributed by atoms with Gasteiger partial charge in [-0.25, -0.2) is 9.97 Å². The van der Waals surface area contributed by atoms with E-state index in [1.807, 2.05) is 19.9 Å². The van der Waals surface area contributed by atoms with Crippen molar-refractivity contribution < 1.29 is 9.90 Å². The first-order valence-electron chi connectivity index (χ1n) is 7.00. The Labute approximate surface area is 119 Å². The molecule has 0 radical (unpaired) electrons. The third-order valence-electron chi connectivity index (χ3n) is 3.37. The predicted molar refractivity (Wildman–Crippen MR) is 77.8 cm³/mol. The number of anilines is 2. The van der Waals surface area contributed by atoms with E-state index in [0.717, 1.165) is 18.3 Å². The van der Waals surface area contributed by atoms with Crippen LogP contribution in [0.1, 0.15) is 39.5 Å². The lowest BCUT2D eigenvalue weighted by atomic mass is 9.98. The van der Waals surface area contributed by atoms with Gasteiger partial charge in [-0.15, -0.1) is 0 Å². The van der Waals surface area contributed by atoms with Crippen LogP contribution in [0, 0.1) is 5.92 Å². The molecule has 0 unspecified atom stereocenters. The second kappa shape index (κ2) is 6.07. The van der Waals surface area contributed by atoms with Gasteiger partial charge in [0.15, 0.2) is 0 Å². The highest BCUT2D eigenvalue weighted by atomic mass is 16.4. The summed E-state index contributed by atoms with van der Waals surface area (Å²) in [6, 6.07) is 1.87. The second-order valence-corrected chi connectivity index (χ2v) is 6.02. The fraction of sp³-hybridized carbons (Fsp3) is 0.643. The lowest BCUT2D eigenvalue weighted by molar-refractivity contribution is -0.137. The van der Waals surface area contributed by atoms with Gasteiger partial charge in [-0.1, -0.05) is 0 Å². The smallest absolute Gasteiger partial charge is 0.303 e. The molecule has 1 heterocycles. The maximum atomic E-state index is 10.6. The summed E-state index contributed by atoms with van der Waals surface area (Å²) < 4.78 is 0. The fourth-order valence-corrected chi connectivity index (χ4v) is 1.92. The van der Waals surface area contributed by atoms with Crippen LogP contribution in [-0.2, 0) is 4.79 Å². The Kier molecular flexibility index (Phi) is 4.42. The zero-order valence-corrected chi connectivity index (χ0v) is 12.0. The zero-order chi connectivity index (χ0) is 14.6. The predicted octanol–water partition coefficient (Wildman–Crippen LogP) is 2.35. The van der Waals surface area contributed by atoms with E-state index in [2.05, 4.69) is 20.6 Å². The van der Waals surface area contributed by atoms with E-state index >= 15 is 0 Å². The molecular formula is C14H22N4O2. The first kappa shape index (κ1) is 14.6. The quantitative estimate of drug-likeness (QED) is 0.676. The lowest BCUT2D eigenvalue weighted by Crippen LogP contribution is -2.32. The second-order valence-electron chi connectivity index (χ2n) is 6.02. The maximum Gasteiger partial charge on any atom is 0.303 e. The van der Waals surface area contributed by atoms with Crippen molar-refractivity contribution in [3.8, 4) is 0 Å².